The maximum Gasteiger partial charge on any atom is 0.181 e. The van der Waals surface area contributed by atoms with Crippen molar-refractivity contribution in [3.63, 3.8) is 0 Å². The molecule has 1 aromatic rings. The van der Waals surface area contributed by atoms with Crippen molar-refractivity contribution in [3.05, 3.63) is 29.8 Å². The van der Waals surface area contributed by atoms with E-state index >= 15 is 0 Å². The number of hydrogen-bond donors (Lipinski definition) is 1. The van der Waals surface area contributed by atoms with Gasteiger partial charge in [-0.15, -0.1) is 0 Å². The summed E-state index contributed by atoms with van der Waals surface area (Å²) in [6.07, 6.45) is 3.63. The minimum atomic E-state index is -3.16. The van der Waals surface area contributed by atoms with Crippen LogP contribution in [0.3, 0.4) is 0 Å². The van der Waals surface area contributed by atoms with Crippen molar-refractivity contribution >= 4 is 9.84 Å². The summed E-state index contributed by atoms with van der Waals surface area (Å²) in [4.78, 5) is 0.435. The monoisotopic (exact) mass is 239 g/mol. The van der Waals surface area contributed by atoms with Crippen LogP contribution in [-0.4, -0.2) is 13.7 Å². The lowest BCUT2D eigenvalue weighted by Gasteiger charge is -2.13. The van der Waals surface area contributed by atoms with Gasteiger partial charge >= 0.3 is 0 Å². The fourth-order valence-electron chi connectivity index (χ4n) is 2.33. The van der Waals surface area contributed by atoms with Crippen LogP contribution in [0.2, 0.25) is 0 Å². The maximum atomic E-state index is 12.4. The first-order valence-corrected chi connectivity index (χ1v) is 7.23. The first-order chi connectivity index (χ1) is 7.66. The standard InChI is InChI=1S/C12H17NO2S/c13-9-10-5-1-4-8-12(10)16(14,15)11-6-2-3-7-11/h1,4-5,8,11H,2-3,6-7,9,13H2. The zero-order valence-electron chi connectivity index (χ0n) is 9.22. The zero-order valence-corrected chi connectivity index (χ0v) is 10.0. The molecule has 16 heavy (non-hydrogen) atoms. The van der Waals surface area contributed by atoms with E-state index in [1.54, 1.807) is 18.2 Å². The second-order valence-corrected chi connectivity index (χ2v) is 6.46. The van der Waals surface area contributed by atoms with Crippen molar-refractivity contribution in [3.8, 4) is 0 Å². The predicted octanol–water partition coefficient (Wildman–Crippen LogP) is 1.86. The molecule has 1 aliphatic rings. The van der Waals surface area contributed by atoms with Gasteiger partial charge < -0.3 is 5.73 Å². The quantitative estimate of drug-likeness (QED) is 0.875. The Hall–Kier alpha value is -0.870. The summed E-state index contributed by atoms with van der Waals surface area (Å²) in [5, 5.41) is -0.194. The van der Waals surface area contributed by atoms with Gasteiger partial charge in [-0.1, -0.05) is 31.0 Å². The van der Waals surface area contributed by atoms with Crippen molar-refractivity contribution in [1.82, 2.24) is 0 Å². The normalized spacial score (nSPS) is 17.8. The van der Waals surface area contributed by atoms with E-state index < -0.39 is 9.84 Å². The van der Waals surface area contributed by atoms with E-state index in [4.69, 9.17) is 5.73 Å². The molecule has 1 aliphatic carbocycles. The smallest absolute Gasteiger partial charge is 0.181 e. The van der Waals surface area contributed by atoms with Gasteiger partial charge in [-0.05, 0) is 24.5 Å². The molecule has 0 unspecified atom stereocenters. The van der Waals surface area contributed by atoms with E-state index in [9.17, 15) is 8.42 Å². The Balaban J connectivity index is 2.42. The molecule has 1 aromatic carbocycles. The van der Waals surface area contributed by atoms with Crippen LogP contribution in [-0.2, 0) is 16.4 Å². The van der Waals surface area contributed by atoms with Crippen molar-refractivity contribution in [2.75, 3.05) is 0 Å². The summed E-state index contributed by atoms with van der Waals surface area (Å²) in [7, 11) is -3.16. The Labute approximate surface area is 96.6 Å². The molecule has 4 heteroatoms. The minimum absolute atomic E-state index is 0.194. The lowest BCUT2D eigenvalue weighted by molar-refractivity contribution is 0.578. The van der Waals surface area contributed by atoms with E-state index in [-0.39, 0.29) is 11.8 Å². The molecule has 3 nitrogen and oxygen atoms in total. The van der Waals surface area contributed by atoms with Crippen LogP contribution in [0, 0.1) is 0 Å². The minimum Gasteiger partial charge on any atom is -0.326 e. The molecule has 0 spiro atoms. The lowest BCUT2D eigenvalue weighted by Crippen LogP contribution is -2.20. The van der Waals surface area contributed by atoms with Crippen molar-refractivity contribution < 1.29 is 8.42 Å². The first kappa shape index (κ1) is 11.6. The van der Waals surface area contributed by atoms with Crippen LogP contribution in [0.15, 0.2) is 29.2 Å². The van der Waals surface area contributed by atoms with Gasteiger partial charge in [-0.3, -0.25) is 0 Å². The number of benzene rings is 1. The van der Waals surface area contributed by atoms with Gasteiger partial charge in [0.25, 0.3) is 0 Å². The highest BCUT2D eigenvalue weighted by Gasteiger charge is 2.31. The van der Waals surface area contributed by atoms with E-state index in [1.165, 1.54) is 0 Å². The molecule has 2 rings (SSSR count). The number of nitrogens with two attached hydrogens (primary N) is 1. The Morgan fingerprint density at radius 3 is 2.44 bits per heavy atom. The molecule has 2 N–H and O–H groups in total. The molecule has 0 aliphatic heterocycles. The average Bonchev–Trinajstić information content (AvgIpc) is 2.83. The van der Waals surface area contributed by atoms with Gasteiger partial charge in [-0.2, -0.15) is 0 Å². The van der Waals surface area contributed by atoms with Crippen molar-refractivity contribution in [1.29, 1.82) is 0 Å². The second-order valence-electron chi connectivity index (χ2n) is 4.26. The fourth-order valence-corrected chi connectivity index (χ4v) is 4.43. The van der Waals surface area contributed by atoms with Gasteiger partial charge in [0.05, 0.1) is 10.1 Å². The zero-order chi connectivity index (χ0) is 11.6. The fraction of sp³-hybridized carbons (Fsp3) is 0.500. The molecule has 0 bridgehead atoms. The molecule has 0 radical (unpaired) electrons. The first-order valence-electron chi connectivity index (χ1n) is 5.68. The summed E-state index contributed by atoms with van der Waals surface area (Å²) in [6, 6.07) is 7.06. The largest absolute Gasteiger partial charge is 0.326 e. The lowest BCUT2D eigenvalue weighted by atomic mass is 10.2. The van der Waals surface area contributed by atoms with Gasteiger partial charge in [-0.25, -0.2) is 8.42 Å². The average molecular weight is 239 g/mol. The van der Waals surface area contributed by atoms with E-state index in [0.717, 1.165) is 31.2 Å². The molecular formula is C12H17NO2S. The second kappa shape index (κ2) is 4.55. The van der Waals surface area contributed by atoms with Crippen LogP contribution in [0.4, 0.5) is 0 Å². The predicted molar refractivity (Wildman–Crippen MR) is 63.8 cm³/mol. The SMILES string of the molecule is NCc1ccccc1S(=O)(=O)C1CCCC1. The summed E-state index contributed by atoms with van der Waals surface area (Å²) < 4.78 is 24.7. The molecule has 0 saturated heterocycles. The van der Waals surface area contributed by atoms with Gasteiger partial charge in [0.1, 0.15) is 0 Å². The van der Waals surface area contributed by atoms with Crippen LogP contribution in [0.25, 0.3) is 0 Å². The number of sulfone groups is 1. The molecule has 1 saturated carbocycles. The molecule has 88 valence electrons. The van der Waals surface area contributed by atoms with Crippen LogP contribution < -0.4 is 5.73 Å². The topological polar surface area (TPSA) is 60.2 Å². The molecule has 0 amide bonds. The van der Waals surface area contributed by atoms with Crippen molar-refractivity contribution in [2.45, 2.75) is 42.4 Å². The van der Waals surface area contributed by atoms with Crippen LogP contribution in [0.5, 0.6) is 0 Å². The Morgan fingerprint density at radius 1 is 1.19 bits per heavy atom. The number of hydrogen-bond acceptors (Lipinski definition) is 3. The molecule has 1 fully saturated rings. The molecule has 0 aromatic heterocycles. The highest BCUT2D eigenvalue weighted by atomic mass is 32.2. The highest BCUT2D eigenvalue weighted by molar-refractivity contribution is 7.92. The van der Waals surface area contributed by atoms with Crippen LogP contribution >= 0.6 is 0 Å². The van der Waals surface area contributed by atoms with Gasteiger partial charge in [0, 0.05) is 6.54 Å². The Morgan fingerprint density at radius 2 is 1.81 bits per heavy atom. The molecule has 0 atom stereocenters. The third kappa shape index (κ3) is 1.99. The van der Waals surface area contributed by atoms with Gasteiger partial charge in [0.15, 0.2) is 9.84 Å². The Kier molecular flexibility index (Phi) is 3.30. The van der Waals surface area contributed by atoms with E-state index in [1.807, 2.05) is 6.07 Å². The highest BCUT2D eigenvalue weighted by Crippen LogP contribution is 2.30. The number of rotatable bonds is 3. The van der Waals surface area contributed by atoms with Crippen LogP contribution in [0.1, 0.15) is 31.2 Å². The van der Waals surface area contributed by atoms with E-state index in [2.05, 4.69) is 0 Å². The summed E-state index contributed by atoms with van der Waals surface area (Å²) in [5.74, 6) is 0. The molecular weight excluding hydrogens is 222 g/mol. The third-order valence-corrected chi connectivity index (χ3v) is 5.60. The third-order valence-electron chi connectivity index (χ3n) is 3.24. The Bertz CT molecular complexity index is 462. The molecule has 0 heterocycles. The van der Waals surface area contributed by atoms with E-state index in [0.29, 0.717) is 4.90 Å². The summed E-state index contributed by atoms with van der Waals surface area (Å²) >= 11 is 0. The summed E-state index contributed by atoms with van der Waals surface area (Å²) in [5.41, 5.74) is 6.31. The summed E-state index contributed by atoms with van der Waals surface area (Å²) in [6.45, 7) is 0.280. The maximum absolute atomic E-state index is 12.4. The van der Waals surface area contributed by atoms with Gasteiger partial charge in [0.2, 0.25) is 0 Å². The van der Waals surface area contributed by atoms with Crippen molar-refractivity contribution in [2.24, 2.45) is 5.73 Å².